The van der Waals surface area contributed by atoms with Crippen molar-refractivity contribution in [1.29, 1.82) is 0 Å². The highest BCUT2D eigenvalue weighted by molar-refractivity contribution is 5.54. The summed E-state index contributed by atoms with van der Waals surface area (Å²) in [6.45, 7) is 0. The standard InChI is InChI=1S/C15H12/c1-2-6-12(7-3-1)15-11-10-13-8-4-5-9-14(13)15/h1-9,15H,11H2. The normalized spacial score (nSPS) is 22.8. The molecule has 0 aliphatic heterocycles. The summed E-state index contributed by atoms with van der Waals surface area (Å²) in [5.74, 6) is 0.516. The summed E-state index contributed by atoms with van der Waals surface area (Å²) in [5.41, 5.74) is 4.10. The monoisotopic (exact) mass is 192 g/mol. The number of allylic oxidation sites excluding steroid dienone is 6. The van der Waals surface area contributed by atoms with Crippen LogP contribution in [0.25, 0.3) is 0 Å². The molecule has 0 aromatic heterocycles. The first-order valence-electron chi connectivity index (χ1n) is 5.33. The molecule has 1 aromatic carbocycles. The summed E-state index contributed by atoms with van der Waals surface area (Å²) in [5, 5.41) is 0. The summed E-state index contributed by atoms with van der Waals surface area (Å²) in [7, 11) is 0. The van der Waals surface area contributed by atoms with Crippen LogP contribution in [0.5, 0.6) is 0 Å². The van der Waals surface area contributed by atoms with Crippen LogP contribution in [0.2, 0.25) is 0 Å². The van der Waals surface area contributed by atoms with Gasteiger partial charge in [-0.3, -0.25) is 0 Å². The Bertz CT molecular complexity index is 446. The Morgan fingerprint density at radius 1 is 1.20 bits per heavy atom. The fourth-order valence-electron chi connectivity index (χ4n) is 2.27. The van der Waals surface area contributed by atoms with Crippen LogP contribution in [-0.4, -0.2) is 0 Å². The van der Waals surface area contributed by atoms with Crippen LogP contribution in [0.15, 0.2) is 59.7 Å². The van der Waals surface area contributed by atoms with Crippen LogP contribution >= 0.6 is 0 Å². The van der Waals surface area contributed by atoms with Crippen LogP contribution < -0.4 is 0 Å². The molecule has 0 heteroatoms. The van der Waals surface area contributed by atoms with Gasteiger partial charge >= 0.3 is 0 Å². The van der Waals surface area contributed by atoms with Crippen molar-refractivity contribution < 1.29 is 0 Å². The lowest BCUT2D eigenvalue weighted by Crippen LogP contribution is -1.99. The number of fused-ring (bicyclic) bond motifs is 1. The van der Waals surface area contributed by atoms with E-state index in [0.717, 1.165) is 6.42 Å². The van der Waals surface area contributed by atoms with Gasteiger partial charge in [0.15, 0.2) is 0 Å². The zero-order valence-corrected chi connectivity index (χ0v) is 8.48. The summed E-state index contributed by atoms with van der Waals surface area (Å²) in [6, 6.07) is 10.7. The van der Waals surface area contributed by atoms with Crippen LogP contribution in [0.3, 0.4) is 0 Å². The minimum Gasteiger partial charge on any atom is -0.144 e. The number of benzene rings is 1. The van der Waals surface area contributed by atoms with E-state index in [2.05, 4.69) is 61.1 Å². The van der Waals surface area contributed by atoms with Gasteiger partial charge in [-0.2, -0.15) is 0 Å². The first-order valence-corrected chi connectivity index (χ1v) is 5.33. The molecule has 72 valence electrons. The third kappa shape index (κ3) is 1.42. The molecule has 0 radical (unpaired) electrons. The molecule has 0 nitrogen and oxygen atoms in total. The summed E-state index contributed by atoms with van der Waals surface area (Å²) in [4.78, 5) is 0. The highest BCUT2D eigenvalue weighted by Gasteiger charge is 2.27. The fraction of sp³-hybridized carbons (Fsp3) is 0.133. The lowest BCUT2D eigenvalue weighted by molar-refractivity contribution is 0.851. The molecule has 0 N–H and O–H groups in total. The van der Waals surface area contributed by atoms with E-state index in [4.69, 9.17) is 0 Å². The second kappa shape index (κ2) is 3.47. The smallest absolute Gasteiger partial charge is 0.0532 e. The van der Waals surface area contributed by atoms with Crippen molar-refractivity contribution in [3.8, 4) is 0 Å². The minimum atomic E-state index is 0.516. The zero-order valence-electron chi connectivity index (χ0n) is 8.48. The number of hydrogen-bond donors (Lipinski definition) is 0. The van der Waals surface area contributed by atoms with Crippen LogP contribution in [-0.2, 0) is 0 Å². The van der Waals surface area contributed by atoms with Crippen molar-refractivity contribution in [2.24, 2.45) is 0 Å². The van der Waals surface area contributed by atoms with Gasteiger partial charge in [0.1, 0.15) is 0 Å². The maximum Gasteiger partial charge on any atom is 0.0532 e. The van der Waals surface area contributed by atoms with E-state index in [1.165, 1.54) is 16.7 Å². The lowest BCUT2D eigenvalue weighted by Gasteiger charge is -2.11. The van der Waals surface area contributed by atoms with Crippen molar-refractivity contribution in [2.75, 3.05) is 0 Å². The molecule has 1 unspecified atom stereocenters. The van der Waals surface area contributed by atoms with Crippen molar-refractivity contribution >= 4 is 0 Å². The Morgan fingerprint density at radius 2 is 2.07 bits per heavy atom. The maximum absolute atomic E-state index is 3.45. The van der Waals surface area contributed by atoms with E-state index >= 15 is 0 Å². The quantitative estimate of drug-likeness (QED) is 0.596. The Morgan fingerprint density at radius 3 is 2.93 bits per heavy atom. The highest BCUT2D eigenvalue weighted by atomic mass is 14.3. The molecule has 15 heavy (non-hydrogen) atoms. The third-order valence-corrected chi connectivity index (χ3v) is 3.03. The molecular formula is C15H12. The van der Waals surface area contributed by atoms with Gasteiger partial charge in [-0.15, -0.1) is 6.08 Å². The maximum atomic E-state index is 3.45. The lowest BCUT2D eigenvalue weighted by atomic mass is 9.88. The van der Waals surface area contributed by atoms with Crippen molar-refractivity contribution in [2.45, 2.75) is 12.3 Å². The van der Waals surface area contributed by atoms with E-state index < -0.39 is 0 Å². The molecular weight excluding hydrogens is 180 g/mol. The molecule has 0 bridgehead atoms. The minimum absolute atomic E-state index is 0.516. The SMILES string of the molecule is [C-]1=C2C=C[CH+]C=C2C(c2ccccc2)C1. The second-order valence-electron chi connectivity index (χ2n) is 3.93. The average Bonchev–Trinajstić information content (AvgIpc) is 2.74. The Kier molecular flexibility index (Phi) is 1.99. The van der Waals surface area contributed by atoms with Gasteiger partial charge in [-0.05, 0) is 5.56 Å². The second-order valence-corrected chi connectivity index (χ2v) is 3.93. The van der Waals surface area contributed by atoms with Gasteiger partial charge in [-0.25, -0.2) is 0 Å². The van der Waals surface area contributed by atoms with Crippen LogP contribution in [0, 0.1) is 12.5 Å². The zero-order chi connectivity index (χ0) is 10.1. The molecule has 3 rings (SSSR count). The first-order chi connectivity index (χ1) is 7.45. The van der Waals surface area contributed by atoms with E-state index in [1.54, 1.807) is 0 Å². The first kappa shape index (κ1) is 8.60. The molecule has 0 spiro atoms. The highest BCUT2D eigenvalue weighted by Crippen LogP contribution is 2.40. The molecule has 0 saturated carbocycles. The average molecular weight is 192 g/mol. The molecule has 2 aliphatic rings. The van der Waals surface area contributed by atoms with Gasteiger partial charge in [0.25, 0.3) is 0 Å². The molecule has 1 aromatic rings. The number of rotatable bonds is 1. The summed E-state index contributed by atoms with van der Waals surface area (Å²) in [6.07, 6.45) is 13.0. The third-order valence-electron chi connectivity index (χ3n) is 3.03. The molecule has 0 heterocycles. The van der Waals surface area contributed by atoms with E-state index in [-0.39, 0.29) is 0 Å². The van der Waals surface area contributed by atoms with Crippen LogP contribution in [0.1, 0.15) is 17.9 Å². The molecule has 0 amide bonds. The van der Waals surface area contributed by atoms with Gasteiger partial charge in [0.05, 0.1) is 11.6 Å². The predicted molar refractivity (Wildman–Crippen MR) is 62.1 cm³/mol. The van der Waals surface area contributed by atoms with E-state index in [9.17, 15) is 0 Å². The molecule has 1 atom stereocenters. The Hall–Kier alpha value is -1.69. The van der Waals surface area contributed by atoms with Gasteiger partial charge in [0, 0.05) is 30.1 Å². The predicted octanol–water partition coefficient (Wildman–Crippen LogP) is 3.60. The van der Waals surface area contributed by atoms with Gasteiger partial charge in [-0.1, -0.05) is 36.8 Å². The fourth-order valence-corrected chi connectivity index (χ4v) is 2.27. The Labute approximate surface area is 90.6 Å². The topological polar surface area (TPSA) is 0 Å². The van der Waals surface area contributed by atoms with Gasteiger partial charge in [0.2, 0.25) is 0 Å². The molecule has 0 saturated heterocycles. The van der Waals surface area contributed by atoms with Crippen molar-refractivity contribution in [3.63, 3.8) is 0 Å². The Balaban J connectivity index is 1.96. The molecule has 2 aliphatic carbocycles. The summed E-state index contributed by atoms with van der Waals surface area (Å²) >= 11 is 0. The van der Waals surface area contributed by atoms with Crippen LogP contribution in [0.4, 0.5) is 0 Å². The number of hydrogen-bond acceptors (Lipinski definition) is 0. The van der Waals surface area contributed by atoms with E-state index in [1.807, 2.05) is 0 Å². The largest absolute Gasteiger partial charge is 0.144 e. The van der Waals surface area contributed by atoms with E-state index in [0.29, 0.717) is 5.92 Å². The molecule has 0 fully saturated rings. The summed E-state index contributed by atoms with van der Waals surface area (Å²) < 4.78 is 0. The van der Waals surface area contributed by atoms with Crippen molar-refractivity contribution in [3.05, 3.63) is 77.8 Å². The van der Waals surface area contributed by atoms with Crippen molar-refractivity contribution in [1.82, 2.24) is 0 Å². The van der Waals surface area contributed by atoms with Gasteiger partial charge < -0.3 is 0 Å².